The molecular formula is C16H20N2O6S2. The summed E-state index contributed by atoms with van der Waals surface area (Å²) in [7, 11) is -2.51. The first-order chi connectivity index (χ1) is 11.8. The van der Waals surface area contributed by atoms with Crippen molar-refractivity contribution in [1.82, 2.24) is 0 Å². The van der Waals surface area contributed by atoms with Gasteiger partial charge in [-0.15, -0.1) is 0 Å². The molecule has 0 bridgehead atoms. The average Bonchev–Trinajstić information content (AvgIpc) is 2.52. The zero-order chi connectivity index (χ0) is 19.9. The van der Waals surface area contributed by atoms with Crippen LogP contribution in [0.3, 0.4) is 0 Å². The summed E-state index contributed by atoms with van der Waals surface area (Å²) in [6, 6.07) is 8.40. The topological polar surface area (TPSA) is 115 Å². The predicted molar refractivity (Wildman–Crippen MR) is 100 cm³/mol. The van der Waals surface area contributed by atoms with Gasteiger partial charge in [-0.3, -0.25) is 9.11 Å². The lowest BCUT2D eigenvalue weighted by atomic mass is 10.0. The van der Waals surface area contributed by atoms with Gasteiger partial charge in [-0.2, -0.15) is 16.8 Å². The molecule has 2 aromatic rings. The molecule has 0 aliphatic carbocycles. The Bertz CT molecular complexity index is 959. The molecule has 142 valence electrons. The Morgan fingerprint density at radius 2 is 0.962 bits per heavy atom. The molecule has 0 fully saturated rings. The van der Waals surface area contributed by atoms with Gasteiger partial charge in [0.15, 0.2) is 0 Å². The largest absolute Gasteiger partial charge is 0.378 e. The summed E-state index contributed by atoms with van der Waals surface area (Å²) in [6.07, 6.45) is 0. The Kier molecular flexibility index (Phi) is 5.34. The molecule has 0 atom stereocenters. The van der Waals surface area contributed by atoms with E-state index in [0.717, 1.165) is 0 Å². The number of nitrogens with zero attached hydrogens (tertiary/aromatic N) is 2. The molecule has 2 rings (SSSR count). The van der Waals surface area contributed by atoms with Crippen LogP contribution >= 0.6 is 0 Å². The number of hydrogen-bond donors (Lipinski definition) is 2. The molecule has 0 aromatic heterocycles. The van der Waals surface area contributed by atoms with Crippen molar-refractivity contribution in [2.24, 2.45) is 0 Å². The van der Waals surface area contributed by atoms with E-state index in [4.69, 9.17) is 0 Å². The summed E-state index contributed by atoms with van der Waals surface area (Å²) in [5.74, 6) is 0. The second-order valence-electron chi connectivity index (χ2n) is 6.10. The van der Waals surface area contributed by atoms with Gasteiger partial charge in [0.25, 0.3) is 20.2 Å². The van der Waals surface area contributed by atoms with Crippen molar-refractivity contribution >= 4 is 31.6 Å². The average molecular weight is 400 g/mol. The second kappa shape index (κ2) is 6.88. The van der Waals surface area contributed by atoms with Gasteiger partial charge in [0, 0.05) is 50.7 Å². The second-order valence-corrected chi connectivity index (χ2v) is 8.88. The molecule has 2 aromatic carbocycles. The van der Waals surface area contributed by atoms with Crippen molar-refractivity contribution in [3.63, 3.8) is 0 Å². The molecular weight excluding hydrogens is 380 g/mol. The van der Waals surface area contributed by atoms with Crippen LogP contribution in [0.4, 0.5) is 11.4 Å². The van der Waals surface area contributed by atoms with Crippen molar-refractivity contribution in [1.29, 1.82) is 0 Å². The Labute approximate surface area is 153 Å². The van der Waals surface area contributed by atoms with E-state index in [-0.39, 0.29) is 11.1 Å². The predicted octanol–water partition coefficient (Wildman–Crippen LogP) is 1.98. The van der Waals surface area contributed by atoms with Gasteiger partial charge in [0.1, 0.15) is 9.79 Å². The van der Waals surface area contributed by atoms with Crippen LogP contribution in [0.15, 0.2) is 46.2 Å². The molecule has 8 nitrogen and oxygen atoms in total. The smallest absolute Gasteiger partial charge is 0.295 e. The third-order valence-corrected chi connectivity index (χ3v) is 5.60. The molecule has 0 aliphatic heterocycles. The molecule has 0 unspecified atom stereocenters. The summed E-state index contributed by atoms with van der Waals surface area (Å²) in [6.45, 7) is 0. The Morgan fingerprint density at radius 3 is 1.19 bits per heavy atom. The standard InChI is InChI=1S/C16H20N2O6S2/c1-17(2)11-5-7-13(15(9-11)25(19,20)21)14-8-6-12(18(3)4)10-16(14)26(22,23)24/h5-10H,1-4H3,(H,19,20,21)(H,22,23,24). The van der Waals surface area contributed by atoms with Crippen LogP contribution in [0, 0.1) is 0 Å². The number of benzene rings is 2. The van der Waals surface area contributed by atoms with E-state index in [1.807, 2.05) is 0 Å². The first-order valence-corrected chi connectivity index (χ1v) is 10.3. The normalized spacial score (nSPS) is 12.1. The minimum absolute atomic E-state index is 0.0315. The van der Waals surface area contributed by atoms with Crippen molar-refractivity contribution in [3.8, 4) is 11.1 Å². The fourth-order valence-corrected chi connectivity index (χ4v) is 3.90. The molecule has 10 heteroatoms. The lowest BCUT2D eigenvalue weighted by Gasteiger charge is -2.18. The minimum atomic E-state index is -4.64. The third kappa shape index (κ3) is 4.15. The molecule has 26 heavy (non-hydrogen) atoms. The van der Waals surface area contributed by atoms with Crippen LogP contribution in [0.5, 0.6) is 0 Å². The van der Waals surface area contributed by atoms with Crippen LogP contribution in [-0.2, 0) is 20.2 Å². The van der Waals surface area contributed by atoms with Crippen LogP contribution < -0.4 is 9.80 Å². The fraction of sp³-hybridized carbons (Fsp3) is 0.250. The first kappa shape index (κ1) is 20.2. The maximum atomic E-state index is 11.9. The van der Waals surface area contributed by atoms with Crippen LogP contribution in [0.25, 0.3) is 11.1 Å². The van der Waals surface area contributed by atoms with E-state index in [9.17, 15) is 25.9 Å². The van der Waals surface area contributed by atoms with E-state index >= 15 is 0 Å². The molecule has 0 amide bonds. The molecule has 2 N–H and O–H groups in total. The maximum absolute atomic E-state index is 11.9. The quantitative estimate of drug-likeness (QED) is 0.732. The van der Waals surface area contributed by atoms with Gasteiger partial charge in [-0.25, -0.2) is 0 Å². The van der Waals surface area contributed by atoms with Gasteiger partial charge in [-0.1, -0.05) is 12.1 Å². The van der Waals surface area contributed by atoms with Crippen LogP contribution in [0.1, 0.15) is 0 Å². The molecule has 0 radical (unpaired) electrons. The van der Waals surface area contributed by atoms with Gasteiger partial charge < -0.3 is 9.80 Å². The van der Waals surface area contributed by atoms with Crippen molar-refractivity contribution in [2.75, 3.05) is 38.0 Å². The van der Waals surface area contributed by atoms with Gasteiger partial charge >= 0.3 is 0 Å². The van der Waals surface area contributed by atoms with Gasteiger partial charge in [0.05, 0.1) is 0 Å². The third-order valence-electron chi connectivity index (χ3n) is 3.81. The highest BCUT2D eigenvalue weighted by atomic mass is 32.2. The van der Waals surface area contributed by atoms with E-state index in [0.29, 0.717) is 11.4 Å². The lowest BCUT2D eigenvalue weighted by Crippen LogP contribution is -2.12. The molecule has 0 saturated carbocycles. The SMILES string of the molecule is CN(C)c1ccc(-c2ccc(N(C)C)cc2S(=O)(=O)O)c(S(=O)(=O)O)c1. The van der Waals surface area contributed by atoms with Gasteiger partial charge in [0.2, 0.25) is 0 Å². The highest BCUT2D eigenvalue weighted by Crippen LogP contribution is 2.36. The maximum Gasteiger partial charge on any atom is 0.295 e. The highest BCUT2D eigenvalue weighted by Gasteiger charge is 2.24. The number of rotatable bonds is 5. The Hall–Kier alpha value is -2.14. The minimum Gasteiger partial charge on any atom is -0.378 e. The van der Waals surface area contributed by atoms with Crippen LogP contribution in [0.2, 0.25) is 0 Å². The van der Waals surface area contributed by atoms with Crippen molar-refractivity contribution < 1.29 is 25.9 Å². The van der Waals surface area contributed by atoms with Crippen molar-refractivity contribution in [3.05, 3.63) is 36.4 Å². The Balaban J connectivity index is 2.88. The van der Waals surface area contributed by atoms with Crippen molar-refractivity contribution in [2.45, 2.75) is 9.79 Å². The zero-order valence-corrected chi connectivity index (χ0v) is 16.3. The molecule has 0 aliphatic rings. The summed E-state index contributed by atoms with van der Waals surface area (Å²) in [4.78, 5) is 2.37. The first-order valence-electron chi connectivity index (χ1n) is 7.40. The Morgan fingerprint density at radius 1 is 0.654 bits per heavy atom. The monoisotopic (exact) mass is 400 g/mol. The highest BCUT2D eigenvalue weighted by molar-refractivity contribution is 7.86. The molecule has 0 saturated heterocycles. The zero-order valence-electron chi connectivity index (χ0n) is 14.7. The molecule has 0 heterocycles. The van der Waals surface area contributed by atoms with E-state index in [1.54, 1.807) is 50.1 Å². The van der Waals surface area contributed by atoms with Gasteiger partial charge in [-0.05, 0) is 24.3 Å². The fourth-order valence-electron chi connectivity index (χ4n) is 2.45. The van der Waals surface area contributed by atoms with E-state index in [2.05, 4.69) is 0 Å². The summed E-state index contributed by atoms with van der Waals surface area (Å²) in [5.41, 5.74) is 0.937. The molecule has 0 spiro atoms. The summed E-state index contributed by atoms with van der Waals surface area (Å²) < 4.78 is 66.6. The number of hydrogen-bond acceptors (Lipinski definition) is 6. The summed E-state index contributed by atoms with van der Waals surface area (Å²) >= 11 is 0. The van der Waals surface area contributed by atoms with E-state index in [1.165, 1.54) is 24.3 Å². The number of anilines is 2. The lowest BCUT2D eigenvalue weighted by molar-refractivity contribution is 0.480. The van der Waals surface area contributed by atoms with Crippen LogP contribution in [-0.4, -0.2) is 54.1 Å². The summed E-state index contributed by atoms with van der Waals surface area (Å²) in [5, 5.41) is 0. The van der Waals surface area contributed by atoms with E-state index < -0.39 is 30.0 Å².